The average molecular weight is 316 g/mol. The molecule has 0 aliphatic heterocycles. The van der Waals surface area contributed by atoms with Gasteiger partial charge in [0.05, 0.1) is 17.6 Å². The Hall–Kier alpha value is -2.43. The minimum absolute atomic E-state index is 0.287. The summed E-state index contributed by atoms with van der Waals surface area (Å²) in [6, 6.07) is 9.92. The highest BCUT2D eigenvalue weighted by atomic mass is 19.1. The van der Waals surface area contributed by atoms with Crippen molar-refractivity contribution in [3.63, 3.8) is 0 Å². The van der Waals surface area contributed by atoms with Crippen LogP contribution in [0.4, 0.5) is 8.78 Å². The van der Waals surface area contributed by atoms with Gasteiger partial charge >= 0.3 is 0 Å². The molecule has 5 heteroatoms. The number of aromatic amines is 1. The Balaban J connectivity index is 1.89. The highest BCUT2D eigenvalue weighted by Crippen LogP contribution is 2.29. The Bertz CT molecular complexity index is 771. The summed E-state index contributed by atoms with van der Waals surface area (Å²) in [6.07, 6.45) is 0.740. The van der Waals surface area contributed by atoms with Crippen LogP contribution in [0, 0.1) is 17.6 Å². The molecule has 3 nitrogen and oxygen atoms in total. The van der Waals surface area contributed by atoms with E-state index in [-0.39, 0.29) is 12.4 Å². The molecule has 0 unspecified atom stereocenters. The zero-order valence-corrected chi connectivity index (χ0v) is 13.1. The Labute approximate surface area is 133 Å². The predicted molar refractivity (Wildman–Crippen MR) is 86.4 cm³/mol. The first-order valence-electron chi connectivity index (χ1n) is 7.61. The maximum Gasteiger partial charge on any atom is 0.190 e. The number of imidazole rings is 1. The first kappa shape index (κ1) is 15.5. The first-order valence-corrected chi connectivity index (χ1v) is 7.61. The van der Waals surface area contributed by atoms with Crippen LogP contribution in [0.25, 0.3) is 22.4 Å². The van der Waals surface area contributed by atoms with Crippen molar-refractivity contribution in [2.24, 2.45) is 5.92 Å². The third-order valence-electron chi connectivity index (χ3n) is 3.60. The van der Waals surface area contributed by atoms with Crippen molar-refractivity contribution >= 4 is 11.0 Å². The van der Waals surface area contributed by atoms with Crippen LogP contribution in [0.1, 0.15) is 20.3 Å². The van der Waals surface area contributed by atoms with Crippen LogP contribution in [-0.2, 0) is 0 Å². The third kappa shape index (κ3) is 3.33. The molecule has 0 saturated heterocycles. The fourth-order valence-electron chi connectivity index (χ4n) is 2.32. The average Bonchev–Trinajstić information content (AvgIpc) is 2.93. The summed E-state index contributed by atoms with van der Waals surface area (Å²) in [5.41, 5.74) is 1.92. The predicted octanol–water partition coefficient (Wildman–Crippen LogP) is 4.93. The lowest BCUT2D eigenvalue weighted by Gasteiger charge is -2.10. The first-order chi connectivity index (χ1) is 11.0. The van der Waals surface area contributed by atoms with Gasteiger partial charge in [-0.2, -0.15) is 0 Å². The van der Waals surface area contributed by atoms with Crippen molar-refractivity contribution in [3.8, 4) is 17.1 Å². The van der Waals surface area contributed by atoms with E-state index in [9.17, 15) is 8.78 Å². The highest BCUT2D eigenvalue weighted by molar-refractivity contribution is 5.79. The number of para-hydroxylation sites is 2. The van der Waals surface area contributed by atoms with Gasteiger partial charge in [0, 0.05) is 5.56 Å². The number of ether oxygens (including phenoxy) is 1. The normalized spacial score (nSPS) is 11.3. The minimum atomic E-state index is -0.718. The van der Waals surface area contributed by atoms with E-state index in [0.29, 0.717) is 17.3 Å². The third-order valence-corrected chi connectivity index (χ3v) is 3.60. The van der Waals surface area contributed by atoms with Crippen LogP contribution >= 0.6 is 0 Å². The van der Waals surface area contributed by atoms with Gasteiger partial charge in [0.15, 0.2) is 17.4 Å². The summed E-state index contributed by atoms with van der Waals surface area (Å²) in [5, 5.41) is 0. The maximum absolute atomic E-state index is 14.2. The molecular weight excluding hydrogens is 298 g/mol. The molecule has 0 fully saturated rings. The number of hydrogen-bond acceptors (Lipinski definition) is 2. The van der Waals surface area contributed by atoms with E-state index < -0.39 is 11.6 Å². The second-order valence-corrected chi connectivity index (χ2v) is 5.90. The minimum Gasteiger partial charge on any atom is -0.488 e. The fraction of sp³-hybridized carbons (Fsp3) is 0.278. The molecule has 0 spiro atoms. The molecule has 2 aromatic carbocycles. The lowest BCUT2D eigenvalue weighted by Crippen LogP contribution is -2.04. The number of aromatic nitrogens is 2. The quantitative estimate of drug-likeness (QED) is 0.724. The van der Waals surface area contributed by atoms with Crippen LogP contribution in [0.5, 0.6) is 5.75 Å². The largest absolute Gasteiger partial charge is 0.488 e. The molecule has 3 aromatic rings. The smallest absolute Gasteiger partial charge is 0.190 e. The van der Waals surface area contributed by atoms with Crippen LogP contribution in [-0.4, -0.2) is 16.6 Å². The van der Waals surface area contributed by atoms with Crippen LogP contribution < -0.4 is 4.74 Å². The second kappa shape index (κ2) is 6.36. The van der Waals surface area contributed by atoms with Crippen molar-refractivity contribution in [1.29, 1.82) is 0 Å². The van der Waals surface area contributed by atoms with Gasteiger partial charge in [0.1, 0.15) is 5.82 Å². The Morgan fingerprint density at radius 1 is 1.13 bits per heavy atom. The summed E-state index contributed by atoms with van der Waals surface area (Å²) >= 11 is 0. The molecule has 120 valence electrons. The summed E-state index contributed by atoms with van der Waals surface area (Å²) in [4.78, 5) is 7.41. The second-order valence-electron chi connectivity index (χ2n) is 5.90. The van der Waals surface area contributed by atoms with Gasteiger partial charge in [-0.1, -0.05) is 26.0 Å². The number of nitrogens with zero attached hydrogens (tertiary/aromatic N) is 1. The van der Waals surface area contributed by atoms with E-state index in [1.54, 1.807) is 0 Å². The van der Waals surface area contributed by atoms with E-state index >= 15 is 0 Å². The number of nitrogens with one attached hydrogen (secondary N) is 1. The molecule has 0 amide bonds. The summed E-state index contributed by atoms with van der Waals surface area (Å²) in [5.74, 6) is -0.924. The van der Waals surface area contributed by atoms with Gasteiger partial charge in [-0.05, 0) is 36.6 Å². The Kier molecular flexibility index (Phi) is 4.28. The summed E-state index contributed by atoms with van der Waals surface area (Å²) in [6.45, 7) is 4.34. The topological polar surface area (TPSA) is 37.9 Å². The van der Waals surface area contributed by atoms with E-state index in [1.807, 2.05) is 38.1 Å². The van der Waals surface area contributed by atoms with Gasteiger partial charge in [0.25, 0.3) is 0 Å². The molecule has 23 heavy (non-hydrogen) atoms. The standard InChI is InChI=1S/C18H18F2N2O/c1-11(2)7-8-23-17-13(19)9-12(10-14(17)20)18-21-15-5-3-4-6-16(15)22-18/h3-6,9-11H,7-8H2,1-2H3,(H,21,22). The molecule has 0 aliphatic carbocycles. The zero-order valence-electron chi connectivity index (χ0n) is 13.1. The molecule has 1 N–H and O–H groups in total. The van der Waals surface area contributed by atoms with E-state index in [2.05, 4.69) is 9.97 Å². The fourth-order valence-corrected chi connectivity index (χ4v) is 2.32. The van der Waals surface area contributed by atoms with Crippen LogP contribution in [0.3, 0.4) is 0 Å². The van der Waals surface area contributed by atoms with Crippen LogP contribution in [0.15, 0.2) is 36.4 Å². The van der Waals surface area contributed by atoms with Gasteiger partial charge in [-0.25, -0.2) is 13.8 Å². The van der Waals surface area contributed by atoms with Crippen LogP contribution in [0.2, 0.25) is 0 Å². The van der Waals surface area contributed by atoms with Crippen molar-refractivity contribution in [2.75, 3.05) is 6.61 Å². The highest BCUT2D eigenvalue weighted by Gasteiger charge is 2.15. The SMILES string of the molecule is CC(C)CCOc1c(F)cc(-c2nc3ccccc3[nH]2)cc1F. The molecule has 0 radical (unpaired) electrons. The molecular formula is C18H18F2N2O. The van der Waals surface area contributed by atoms with Gasteiger partial charge < -0.3 is 9.72 Å². The Morgan fingerprint density at radius 2 is 1.83 bits per heavy atom. The summed E-state index contributed by atoms with van der Waals surface area (Å²) in [7, 11) is 0. The molecule has 1 heterocycles. The summed E-state index contributed by atoms with van der Waals surface area (Å²) < 4.78 is 33.6. The number of rotatable bonds is 5. The van der Waals surface area contributed by atoms with Crippen molar-refractivity contribution in [2.45, 2.75) is 20.3 Å². The molecule has 0 saturated carbocycles. The molecule has 0 atom stereocenters. The molecule has 0 bridgehead atoms. The van der Waals surface area contributed by atoms with E-state index in [4.69, 9.17) is 4.74 Å². The van der Waals surface area contributed by atoms with E-state index in [1.165, 1.54) is 12.1 Å². The lowest BCUT2D eigenvalue weighted by molar-refractivity contribution is 0.263. The van der Waals surface area contributed by atoms with E-state index in [0.717, 1.165) is 17.5 Å². The maximum atomic E-state index is 14.2. The Morgan fingerprint density at radius 3 is 2.48 bits per heavy atom. The lowest BCUT2D eigenvalue weighted by atomic mass is 10.1. The number of fused-ring (bicyclic) bond motifs is 1. The van der Waals surface area contributed by atoms with Crippen molar-refractivity contribution in [1.82, 2.24) is 9.97 Å². The van der Waals surface area contributed by atoms with Crippen molar-refractivity contribution < 1.29 is 13.5 Å². The number of hydrogen-bond donors (Lipinski definition) is 1. The number of halogens is 2. The monoisotopic (exact) mass is 316 g/mol. The van der Waals surface area contributed by atoms with Gasteiger partial charge in [-0.15, -0.1) is 0 Å². The number of H-pyrrole nitrogens is 1. The zero-order chi connectivity index (χ0) is 16.4. The van der Waals surface area contributed by atoms with Gasteiger partial charge in [-0.3, -0.25) is 0 Å². The van der Waals surface area contributed by atoms with Gasteiger partial charge in [0.2, 0.25) is 0 Å². The molecule has 1 aromatic heterocycles. The number of benzene rings is 2. The molecule has 3 rings (SSSR count). The van der Waals surface area contributed by atoms with Crippen molar-refractivity contribution in [3.05, 3.63) is 48.0 Å². The molecule has 0 aliphatic rings.